The second kappa shape index (κ2) is 9.08. The molecule has 152 valence electrons. The van der Waals surface area contributed by atoms with E-state index < -0.39 is 0 Å². The first-order valence-electron chi connectivity index (χ1n) is 11.1. The molecule has 2 saturated carbocycles. The molecule has 0 saturated heterocycles. The lowest BCUT2D eigenvalue weighted by atomic mass is 9.91. The Balaban J connectivity index is 1.29. The molecule has 2 aliphatic rings. The van der Waals surface area contributed by atoms with E-state index in [9.17, 15) is 0 Å². The molecule has 0 unspecified atom stereocenters. The second-order valence-electron chi connectivity index (χ2n) is 8.87. The Bertz CT molecular complexity index is 761. The van der Waals surface area contributed by atoms with Crippen LogP contribution in [-0.2, 0) is 0 Å². The van der Waals surface area contributed by atoms with Crippen molar-refractivity contribution < 1.29 is 0 Å². The summed E-state index contributed by atoms with van der Waals surface area (Å²) in [5, 5.41) is 8.53. The Morgan fingerprint density at radius 2 is 1.64 bits per heavy atom. The van der Waals surface area contributed by atoms with Crippen molar-refractivity contribution in [1.29, 1.82) is 0 Å². The third-order valence-electron chi connectivity index (χ3n) is 6.53. The Morgan fingerprint density at radius 1 is 0.929 bits per heavy atom. The minimum Gasteiger partial charge on any atom is -0.362 e. The first-order chi connectivity index (χ1) is 13.7. The van der Waals surface area contributed by atoms with Crippen LogP contribution in [0.1, 0.15) is 57.8 Å². The third-order valence-corrected chi connectivity index (χ3v) is 6.53. The highest BCUT2D eigenvalue weighted by atomic mass is 15.2. The lowest BCUT2D eigenvalue weighted by Crippen LogP contribution is -2.38. The minimum absolute atomic E-state index is 0.476. The van der Waals surface area contributed by atoms with Crippen molar-refractivity contribution in [1.82, 2.24) is 15.3 Å². The molecule has 4 rings (SSSR count). The van der Waals surface area contributed by atoms with Crippen LogP contribution in [0, 0.1) is 5.92 Å². The number of nitrogens with one attached hydrogen (secondary N) is 2. The van der Waals surface area contributed by atoms with Gasteiger partial charge in [0.25, 0.3) is 0 Å². The number of aromatic nitrogens is 2. The van der Waals surface area contributed by atoms with Crippen molar-refractivity contribution in [3.63, 3.8) is 0 Å². The fourth-order valence-electron chi connectivity index (χ4n) is 4.88. The van der Waals surface area contributed by atoms with Crippen molar-refractivity contribution in [3.05, 3.63) is 24.3 Å². The number of hydrogen-bond donors (Lipinski definition) is 2. The minimum atomic E-state index is 0.476. The molecule has 0 aliphatic heterocycles. The first-order valence-corrected chi connectivity index (χ1v) is 11.1. The van der Waals surface area contributed by atoms with Crippen molar-refractivity contribution in [2.24, 2.45) is 5.92 Å². The van der Waals surface area contributed by atoms with Crippen LogP contribution in [0.3, 0.4) is 0 Å². The van der Waals surface area contributed by atoms with Gasteiger partial charge in [0.1, 0.15) is 5.82 Å². The number of nitrogens with zero attached hydrogens (tertiary/aromatic N) is 3. The summed E-state index contributed by atoms with van der Waals surface area (Å²) in [6.07, 6.45) is 12.1. The molecule has 0 bridgehead atoms. The molecular formula is C23H35N5. The zero-order chi connectivity index (χ0) is 19.3. The van der Waals surface area contributed by atoms with E-state index in [4.69, 9.17) is 9.97 Å². The van der Waals surface area contributed by atoms with Gasteiger partial charge in [-0.15, -0.1) is 0 Å². The summed E-state index contributed by atoms with van der Waals surface area (Å²) in [7, 11) is 4.09. The van der Waals surface area contributed by atoms with Gasteiger partial charge >= 0.3 is 0 Å². The van der Waals surface area contributed by atoms with Gasteiger partial charge in [0.2, 0.25) is 5.95 Å². The molecule has 1 heterocycles. The zero-order valence-electron chi connectivity index (χ0n) is 17.5. The highest BCUT2D eigenvalue weighted by molar-refractivity contribution is 5.90. The molecular weight excluding hydrogens is 346 g/mol. The summed E-state index contributed by atoms with van der Waals surface area (Å²) in [4.78, 5) is 11.6. The van der Waals surface area contributed by atoms with Crippen molar-refractivity contribution >= 4 is 22.7 Å². The molecule has 5 heteroatoms. The van der Waals surface area contributed by atoms with E-state index in [1.165, 1.54) is 64.3 Å². The lowest BCUT2D eigenvalue weighted by Gasteiger charge is -2.30. The van der Waals surface area contributed by atoms with Gasteiger partial charge in [0.05, 0.1) is 5.52 Å². The van der Waals surface area contributed by atoms with Crippen molar-refractivity contribution in [2.45, 2.75) is 69.9 Å². The summed E-state index contributed by atoms with van der Waals surface area (Å²) in [6, 6.07) is 9.42. The van der Waals surface area contributed by atoms with Crippen molar-refractivity contribution in [2.75, 3.05) is 30.9 Å². The molecule has 5 nitrogen and oxygen atoms in total. The predicted octanol–water partition coefficient (Wildman–Crippen LogP) is 4.59. The maximum absolute atomic E-state index is 4.80. The van der Waals surface area contributed by atoms with Gasteiger partial charge < -0.3 is 15.5 Å². The van der Waals surface area contributed by atoms with Crippen LogP contribution in [-0.4, -0.2) is 42.7 Å². The SMILES string of the molecule is CN(C)c1nc(N[C@H]2CC[C@@H](NCCC3CCCC3)CC2)nc2ccccc12. The van der Waals surface area contributed by atoms with Gasteiger partial charge in [-0.3, -0.25) is 0 Å². The highest BCUT2D eigenvalue weighted by Gasteiger charge is 2.22. The quantitative estimate of drug-likeness (QED) is 0.735. The molecule has 2 fully saturated rings. The first kappa shape index (κ1) is 19.4. The van der Waals surface area contributed by atoms with E-state index in [0.29, 0.717) is 12.1 Å². The van der Waals surface area contributed by atoms with Crippen molar-refractivity contribution in [3.8, 4) is 0 Å². The Kier molecular flexibility index (Phi) is 6.30. The molecule has 0 spiro atoms. The van der Waals surface area contributed by atoms with Gasteiger partial charge in [-0.1, -0.05) is 37.8 Å². The molecule has 0 radical (unpaired) electrons. The third kappa shape index (κ3) is 4.75. The van der Waals surface area contributed by atoms with E-state index in [1.807, 2.05) is 26.2 Å². The summed E-state index contributed by atoms with van der Waals surface area (Å²) in [5.41, 5.74) is 1.01. The summed E-state index contributed by atoms with van der Waals surface area (Å²) in [5.74, 6) is 2.73. The Hall–Kier alpha value is -1.88. The largest absolute Gasteiger partial charge is 0.362 e. The number of anilines is 2. The molecule has 28 heavy (non-hydrogen) atoms. The number of fused-ring (bicyclic) bond motifs is 1. The maximum atomic E-state index is 4.80. The smallest absolute Gasteiger partial charge is 0.225 e. The fourth-order valence-corrected chi connectivity index (χ4v) is 4.88. The number of para-hydroxylation sites is 1. The van der Waals surface area contributed by atoms with Crippen LogP contribution in [0.25, 0.3) is 10.9 Å². The summed E-state index contributed by atoms with van der Waals surface area (Å²) < 4.78 is 0. The monoisotopic (exact) mass is 381 g/mol. The second-order valence-corrected chi connectivity index (χ2v) is 8.87. The van der Waals surface area contributed by atoms with Gasteiger partial charge in [-0.2, -0.15) is 4.98 Å². The van der Waals surface area contributed by atoms with Gasteiger partial charge in [0, 0.05) is 31.6 Å². The number of rotatable bonds is 7. The van der Waals surface area contributed by atoms with Gasteiger partial charge in [0.15, 0.2) is 0 Å². The van der Waals surface area contributed by atoms with Crippen LogP contribution < -0.4 is 15.5 Å². The number of hydrogen-bond acceptors (Lipinski definition) is 5. The lowest BCUT2D eigenvalue weighted by molar-refractivity contribution is 0.341. The fraction of sp³-hybridized carbons (Fsp3) is 0.652. The normalized spacial score (nSPS) is 23.2. The summed E-state index contributed by atoms with van der Waals surface area (Å²) in [6.45, 7) is 1.20. The van der Waals surface area contributed by atoms with Gasteiger partial charge in [-0.05, 0) is 56.7 Å². The molecule has 1 aromatic heterocycles. The standard InChI is InChI=1S/C23H35N5/c1-28(2)22-20-9-5-6-10-21(20)26-23(27-22)25-19-13-11-18(12-14-19)24-16-15-17-7-3-4-8-17/h5-6,9-10,17-19,24H,3-4,7-8,11-16H2,1-2H3,(H,25,26,27)/t18-,19+. The average Bonchev–Trinajstić information content (AvgIpc) is 3.22. The number of benzene rings is 1. The average molecular weight is 382 g/mol. The van der Waals surface area contributed by atoms with E-state index in [2.05, 4.69) is 27.7 Å². The Morgan fingerprint density at radius 3 is 2.39 bits per heavy atom. The van der Waals surface area contributed by atoms with Crippen LogP contribution in [0.4, 0.5) is 11.8 Å². The highest BCUT2D eigenvalue weighted by Crippen LogP contribution is 2.28. The van der Waals surface area contributed by atoms with E-state index >= 15 is 0 Å². The van der Waals surface area contributed by atoms with Crippen LogP contribution in [0.2, 0.25) is 0 Å². The summed E-state index contributed by atoms with van der Waals surface area (Å²) >= 11 is 0. The van der Waals surface area contributed by atoms with E-state index in [1.54, 1.807) is 0 Å². The molecule has 2 aromatic rings. The molecule has 2 aliphatic carbocycles. The molecule has 2 N–H and O–H groups in total. The predicted molar refractivity (Wildman–Crippen MR) is 118 cm³/mol. The Labute approximate surface area is 169 Å². The van der Waals surface area contributed by atoms with Crippen LogP contribution in [0.5, 0.6) is 0 Å². The molecule has 0 atom stereocenters. The topological polar surface area (TPSA) is 53.1 Å². The zero-order valence-corrected chi connectivity index (χ0v) is 17.5. The van der Waals surface area contributed by atoms with E-state index in [-0.39, 0.29) is 0 Å². The van der Waals surface area contributed by atoms with Crippen LogP contribution in [0.15, 0.2) is 24.3 Å². The molecule has 1 aromatic carbocycles. The van der Waals surface area contributed by atoms with Gasteiger partial charge in [-0.25, -0.2) is 4.98 Å². The van der Waals surface area contributed by atoms with Crippen LogP contribution >= 0.6 is 0 Å². The molecule has 0 amide bonds. The maximum Gasteiger partial charge on any atom is 0.225 e. The van der Waals surface area contributed by atoms with E-state index in [0.717, 1.165) is 28.6 Å².